The summed E-state index contributed by atoms with van der Waals surface area (Å²) in [5.74, 6) is -0.163. The van der Waals surface area contributed by atoms with Gasteiger partial charge in [-0.2, -0.15) is 13.2 Å². The van der Waals surface area contributed by atoms with Crippen molar-refractivity contribution in [2.75, 3.05) is 23.7 Å². The van der Waals surface area contributed by atoms with Gasteiger partial charge < -0.3 is 10.6 Å². The van der Waals surface area contributed by atoms with Crippen LogP contribution < -0.4 is 10.6 Å². The van der Waals surface area contributed by atoms with Gasteiger partial charge in [-0.25, -0.2) is 9.97 Å². The molecule has 0 saturated carbocycles. The van der Waals surface area contributed by atoms with E-state index in [-0.39, 0.29) is 24.7 Å². The minimum absolute atomic E-state index is 0.0807. The lowest BCUT2D eigenvalue weighted by Gasteiger charge is -2.10. The Morgan fingerprint density at radius 2 is 1.83 bits per heavy atom. The highest BCUT2D eigenvalue weighted by atomic mass is 19.4. The Bertz CT molecular complexity index is 693. The molecule has 0 atom stereocenters. The molecule has 0 aliphatic carbocycles. The summed E-state index contributed by atoms with van der Waals surface area (Å²) in [6.45, 7) is 0.428. The van der Waals surface area contributed by atoms with Crippen LogP contribution in [0.2, 0.25) is 0 Å². The van der Waals surface area contributed by atoms with Crippen molar-refractivity contribution < 1.29 is 18.1 Å². The number of hydrogen-bond acceptors (Lipinski definition) is 6. The first-order valence-corrected chi connectivity index (χ1v) is 6.49. The second-order valence-electron chi connectivity index (χ2n) is 4.39. The van der Waals surface area contributed by atoms with Gasteiger partial charge in [0.1, 0.15) is 11.4 Å². The monoisotopic (exact) mass is 327 g/mol. The van der Waals surface area contributed by atoms with E-state index in [0.29, 0.717) is 5.69 Å². The van der Waals surface area contributed by atoms with E-state index in [2.05, 4.69) is 20.6 Å². The molecule has 0 aliphatic rings. The Kier molecular flexibility index (Phi) is 4.94. The van der Waals surface area contributed by atoms with Gasteiger partial charge in [0.25, 0.3) is 5.69 Å². The fourth-order valence-corrected chi connectivity index (χ4v) is 1.76. The van der Waals surface area contributed by atoms with E-state index < -0.39 is 16.8 Å². The third-order valence-corrected chi connectivity index (χ3v) is 2.77. The number of nitrogens with zero attached hydrogens (tertiary/aromatic N) is 3. The fourth-order valence-electron chi connectivity index (χ4n) is 1.76. The van der Waals surface area contributed by atoms with Crippen LogP contribution >= 0.6 is 0 Å². The highest BCUT2D eigenvalue weighted by Crippen LogP contribution is 2.27. The lowest BCUT2D eigenvalue weighted by atomic mass is 10.2. The molecule has 1 aromatic heterocycles. The van der Waals surface area contributed by atoms with Crippen LogP contribution in [0.1, 0.15) is 5.69 Å². The molecule has 2 rings (SSSR count). The van der Waals surface area contributed by atoms with Crippen LogP contribution in [0.5, 0.6) is 0 Å². The van der Waals surface area contributed by atoms with Crippen LogP contribution in [0.15, 0.2) is 36.5 Å². The quantitative estimate of drug-likeness (QED) is 0.481. The Hall–Kier alpha value is -2.91. The van der Waals surface area contributed by atoms with Crippen molar-refractivity contribution in [1.29, 1.82) is 0 Å². The molecule has 0 saturated heterocycles. The maximum Gasteiger partial charge on any atom is 0.433 e. The summed E-state index contributed by atoms with van der Waals surface area (Å²) < 4.78 is 37.5. The Morgan fingerprint density at radius 1 is 1.13 bits per heavy atom. The van der Waals surface area contributed by atoms with Crippen molar-refractivity contribution >= 4 is 17.3 Å². The molecule has 1 heterocycles. The number of nitrogens with one attached hydrogen (secondary N) is 2. The lowest BCUT2D eigenvalue weighted by molar-refractivity contribution is -0.384. The molecule has 10 heteroatoms. The predicted octanol–water partition coefficient (Wildman–Crippen LogP) is 2.93. The van der Waals surface area contributed by atoms with Crippen molar-refractivity contribution in [3.63, 3.8) is 0 Å². The van der Waals surface area contributed by atoms with Crippen LogP contribution in [0.3, 0.4) is 0 Å². The fraction of sp³-hybridized carbons (Fsp3) is 0.231. The van der Waals surface area contributed by atoms with Crippen molar-refractivity contribution in [3.05, 3.63) is 52.3 Å². The molecule has 0 radical (unpaired) electrons. The Morgan fingerprint density at radius 3 is 2.52 bits per heavy atom. The van der Waals surface area contributed by atoms with Crippen molar-refractivity contribution in [1.82, 2.24) is 9.97 Å². The number of aromatic nitrogens is 2. The minimum Gasteiger partial charge on any atom is -0.378 e. The summed E-state index contributed by atoms with van der Waals surface area (Å²) >= 11 is 0. The van der Waals surface area contributed by atoms with Crippen molar-refractivity contribution in [2.45, 2.75) is 6.18 Å². The number of alkyl halides is 3. The molecule has 0 bridgehead atoms. The molecule has 2 aromatic rings. The smallest absolute Gasteiger partial charge is 0.378 e. The second kappa shape index (κ2) is 6.90. The zero-order valence-electron chi connectivity index (χ0n) is 11.7. The average Bonchev–Trinajstić information content (AvgIpc) is 2.51. The summed E-state index contributed by atoms with van der Waals surface area (Å²) in [6.07, 6.45) is -3.53. The van der Waals surface area contributed by atoms with Crippen LogP contribution in [-0.2, 0) is 6.18 Å². The molecule has 23 heavy (non-hydrogen) atoms. The highest BCUT2D eigenvalue weighted by molar-refractivity contribution is 5.61. The van der Waals surface area contributed by atoms with E-state index >= 15 is 0 Å². The van der Waals surface area contributed by atoms with Gasteiger partial charge in [0, 0.05) is 25.4 Å². The minimum atomic E-state index is -4.54. The summed E-state index contributed by atoms with van der Waals surface area (Å²) in [7, 11) is 0. The number of benzene rings is 1. The van der Waals surface area contributed by atoms with Gasteiger partial charge in [0.2, 0.25) is 5.95 Å². The van der Waals surface area contributed by atoms with Gasteiger partial charge in [-0.05, 0) is 12.1 Å². The number of halogens is 3. The number of nitro benzene ring substituents is 1. The summed E-state index contributed by atoms with van der Waals surface area (Å²) in [6, 6.07) is 6.85. The third-order valence-electron chi connectivity index (χ3n) is 2.77. The molecule has 0 aliphatic heterocycles. The molecule has 2 N–H and O–H groups in total. The van der Waals surface area contributed by atoms with E-state index in [1.807, 2.05) is 0 Å². The van der Waals surface area contributed by atoms with E-state index in [1.165, 1.54) is 12.1 Å². The van der Waals surface area contributed by atoms with Crippen LogP contribution in [0, 0.1) is 10.1 Å². The Labute approximate surface area is 128 Å². The number of rotatable bonds is 6. The first-order valence-electron chi connectivity index (χ1n) is 6.49. The molecule has 0 fully saturated rings. The van der Waals surface area contributed by atoms with Gasteiger partial charge in [0.05, 0.1) is 4.92 Å². The van der Waals surface area contributed by atoms with E-state index in [0.717, 1.165) is 12.3 Å². The standard InChI is InChI=1S/C13H12F3N5O2/c14-13(15,16)11-5-6-18-12(20-11)19-8-7-17-9-3-1-2-4-10(9)21(22)23/h1-6,17H,7-8H2,(H,18,19,20). The first-order chi connectivity index (χ1) is 10.9. The molecule has 1 aromatic carbocycles. The van der Waals surface area contributed by atoms with Crippen LogP contribution in [0.4, 0.5) is 30.5 Å². The molecule has 7 nitrogen and oxygen atoms in total. The van der Waals surface area contributed by atoms with E-state index in [1.54, 1.807) is 12.1 Å². The van der Waals surface area contributed by atoms with E-state index in [4.69, 9.17) is 0 Å². The van der Waals surface area contributed by atoms with Gasteiger partial charge in [0.15, 0.2) is 0 Å². The average molecular weight is 327 g/mol. The van der Waals surface area contributed by atoms with E-state index in [9.17, 15) is 23.3 Å². The molecule has 0 spiro atoms. The van der Waals surface area contributed by atoms with Crippen LogP contribution in [-0.4, -0.2) is 28.0 Å². The zero-order chi connectivity index (χ0) is 16.9. The number of anilines is 2. The maximum atomic E-state index is 12.5. The van der Waals surface area contributed by atoms with Gasteiger partial charge >= 0.3 is 6.18 Å². The molecular formula is C13H12F3N5O2. The van der Waals surface area contributed by atoms with Crippen molar-refractivity contribution in [2.24, 2.45) is 0 Å². The van der Waals surface area contributed by atoms with Gasteiger partial charge in [-0.15, -0.1) is 0 Å². The second-order valence-corrected chi connectivity index (χ2v) is 4.39. The third kappa shape index (κ3) is 4.53. The van der Waals surface area contributed by atoms with Crippen molar-refractivity contribution in [3.8, 4) is 0 Å². The predicted molar refractivity (Wildman–Crippen MR) is 77.1 cm³/mol. The molecule has 0 unspecified atom stereocenters. The van der Waals surface area contributed by atoms with Gasteiger partial charge in [-0.3, -0.25) is 10.1 Å². The van der Waals surface area contributed by atoms with Gasteiger partial charge in [-0.1, -0.05) is 12.1 Å². The number of nitro groups is 1. The topological polar surface area (TPSA) is 93.0 Å². The maximum absolute atomic E-state index is 12.5. The highest BCUT2D eigenvalue weighted by Gasteiger charge is 2.32. The molecule has 122 valence electrons. The Balaban J connectivity index is 1.90. The summed E-state index contributed by atoms with van der Waals surface area (Å²) in [4.78, 5) is 17.3. The van der Waals surface area contributed by atoms with Crippen LogP contribution in [0.25, 0.3) is 0 Å². The number of para-hydroxylation sites is 2. The summed E-state index contributed by atoms with van der Waals surface area (Å²) in [5.41, 5.74) is -0.797. The normalized spacial score (nSPS) is 11.1. The zero-order valence-corrected chi connectivity index (χ0v) is 11.7. The summed E-state index contributed by atoms with van der Waals surface area (Å²) in [5, 5.41) is 16.3. The number of hydrogen-bond donors (Lipinski definition) is 2. The molecular weight excluding hydrogens is 315 g/mol. The lowest BCUT2D eigenvalue weighted by Crippen LogP contribution is -2.17. The largest absolute Gasteiger partial charge is 0.433 e. The molecule has 0 amide bonds. The SMILES string of the molecule is O=[N+]([O-])c1ccccc1NCCNc1nccc(C(F)(F)F)n1. The first kappa shape index (κ1) is 16.5.